The average molecular weight is 342 g/mol. The van der Waals surface area contributed by atoms with Crippen molar-refractivity contribution in [3.05, 3.63) is 60.7 Å². The van der Waals surface area contributed by atoms with Gasteiger partial charge in [-0.3, -0.25) is 10.1 Å². The highest BCUT2D eigenvalue weighted by Crippen LogP contribution is 2.23. The fourth-order valence-corrected chi connectivity index (χ4v) is 2.42. The van der Waals surface area contributed by atoms with Gasteiger partial charge in [0.25, 0.3) is 5.69 Å². The van der Waals surface area contributed by atoms with Crippen LogP contribution in [-0.2, 0) is 11.3 Å². The molecule has 0 bridgehead atoms. The van der Waals surface area contributed by atoms with Crippen molar-refractivity contribution in [2.45, 2.75) is 6.61 Å². The van der Waals surface area contributed by atoms with Crippen LogP contribution in [0.4, 0.5) is 5.69 Å². The predicted octanol–water partition coefficient (Wildman–Crippen LogP) is 3.78. The van der Waals surface area contributed by atoms with E-state index in [0.29, 0.717) is 4.47 Å². The van der Waals surface area contributed by atoms with Gasteiger partial charge in [-0.1, -0.05) is 6.07 Å². The number of benzene rings is 1. The summed E-state index contributed by atoms with van der Waals surface area (Å²) in [6.07, 6.45) is 0. The van der Waals surface area contributed by atoms with E-state index in [1.165, 1.54) is 29.5 Å². The molecular formula is C12H8BrNO4S. The van der Waals surface area contributed by atoms with Crippen LogP contribution in [-0.4, -0.2) is 10.9 Å². The van der Waals surface area contributed by atoms with Gasteiger partial charge in [0.15, 0.2) is 0 Å². The molecule has 0 aliphatic rings. The lowest BCUT2D eigenvalue weighted by Crippen LogP contribution is -2.06. The number of carbonyl (C=O) groups excluding carboxylic acids is 1. The molecule has 1 aromatic carbocycles. The minimum absolute atomic E-state index is 0.144. The molecule has 0 amide bonds. The van der Waals surface area contributed by atoms with E-state index in [9.17, 15) is 14.9 Å². The number of hydrogen-bond acceptors (Lipinski definition) is 5. The summed E-state index contributed by atoms with van der Waals surface area (Å²) in [4.78, 5) is 22.9. The maximum atomic E-state index is 11.9. The fraction of sp³-hybridized carbons (Fsp3) is 0.0833. The quantitative estimate of drug-likeness (QED) is 0.482. The van der Waals surface area contributed by atoms with Gasteiger partial charge < -0.3 is 4.74 Å². The van der Waals surface area contributed by atoms with Gasteiger partial charge in [0, 0.05) is 21.5 Å². The maximum absolute atomic E-state index is 11.9. The monoisotopic (exact) mass is 341 g/mol. The molecule has 0 saturated heterocycles. The summed E-state index contributed by atoms with van der Waals surface area (Å²) in [7, 11) is 0. The Kier molecular flexibility index (Phi) is 4.28. The lowest BCUT2D eigenvalue weighted by atomic mass is 10.2. The highest BCUT2D eigenvalue weighted by molar-refractivity contribution is 9.10. The molecule has 0 fully saturated rings. The van der Waals surface area contributed by atoms with E-state index in [1.54, 1.807) is 0 Å². The van der Waals surface area contributed by atoms with Crippen LogP contribution in [0.15, 0.2) is 40.2 Å². The third-order valence-electron chi connectivity index (χ3n) is 2.31. The van der Waals surface area contributed by atoms with E-state index in [0.717, 1.165) is 4.88 Å². The van der Waals surface area contributed by atoms with Gasteiger partial charge in [-0.15, -0.1) is 11.3 Å². The molecule has 0 saturated carbocycles. The summed E-state index contributed by atoms with van der Waals surface area (Å²) in [5.74, 6) is -0.594. The van der Waals surface area contributed by atoms with Gasteiger partial charge >= 0.3 is 5.97 Å². The number of thiophene rings is 1. The molecule has 19 heavy (non-hydrogen) atoms. The number of nitro groups is 1. The van der Waals surface area contributed by atoms with Crippen LogP contribution >= 0.6 is 27.3 Å². The third-order valence-corrected chi connectivity index (χ3v) is 3.85. The molecule has 98 valence electrons. The van der Waals surface area contributed by atoms with Crippen molar-refractivity contribution in [3.63, 3.8) is 0 Å². The van der Waals surface area contributed by atoms with E-state index < -0.39 is 10.9 Å². The molecule has 0 aliphatic heterocycles. The molecule has 0 spiro atoms. The van der Waals surface area contributed by atoms with Crippen LogP contribution < -0.4 is 0 Å². The number of nitrogens with zero attached hydrogens (tertiary/aromatic N) is 1. The third kappa shape index (κ3) is 3.39. The fourth-order valence-electron chi connectivity index (χ4n) is 1.39. The number of nitro benzene ring substituents is 1. The minimum Gasteiger partial charge on any atom is -0.456 e. The second-order valence-corrected chi connectivity index (χ2v) is 5.46. The topological polar surface area (TPSA) is 69.4 Å². The van der Waals surface area contributed by atoms with Crippen molar-refractivity contribution in [3.8, 4) is 0 Å². The van der Waals surface area contributed by atoms with Gasteiger partial charge in [-0.05, 0) is 33.4 Å². The van der Waals surface area contributed by atoms with Crippen LogP contribution in [0.2, 0.25) is 0 Å². The number of rotatable bonds is 4. The molecule has 7 heteroatoms. The highest BCUT2D eigenvalue weighted by Gasteiger charge is 2.16. The van der Waals surface area contributed by atoms with E-state index in [1.807, 2.05) is 17.5 Å². The number of halogens is 1. The van der Waals surface area contributed by atoms with E-state index >= 15 is 0 Å². The zero-order valence-corrected chi connectivity index (χ0v) is 11.9. The smallest absolute Gasteiger partial charge is 0.339 e. The van der Waals surface area contributed by atoms with Crippen LogP contribution in [0.1, 0.15) is 15.2 Å². The lowest BCUT2D eigenvalue weighted by Gasteiger charge is -2.05. The van der Waals surface area contributed by atoms with Crippen molar-refractivity contribution in [2.24, 2.45) is 0 Å². The summed E-state index contributed by atoms with van der Waals surface area (Å²) >= 11 is 4.65. The van der Waals surface area contributed by atoms with Gasteiger partial charge in [0.05, 0.1) is 10.5 Å². The number of carbonyl (C=O) groups is 1. The molecule has 0 N–H and O–H groups in total. The first-order valence-corrected chi connectivity index (χ1v) is 6.88. The van der Waals surface area contributed by atoms with Gasteiger partial charge in [-0.25, -0.2) is 4.79 Å². The summed E-state index contributed by atoms with van der Waals surface area (Å²) in [6.45, 7) is 0.158. The van der Waals surface area contributed by atoms with Crippen LogP contribution in [0.3, 0.4) is 0 Å². The Labute approximate surface area is 121 Å². The molecule has 0 unspecified atom stereocenters. The van der Waals surface area contributed by atoms with Gasteiger partial charge in [-0.2, -0.15) is 0 Å². The van der Waals surface area contributed by atoms with E-state index in [2.05, 4.69) is 15.9 Å². The van der Waals surface area contributed by atoms with Crippen molar-refractivity contribution in [1.82, 2.24) is 0 Å². The zero-order chi connectivity index (χ0) is 13.8. The standard InChI is InChI=1S/C12H8BrNO4S/c13-11-4-3-8(14(16)17)6-10(11)12(15)18-7-9-2-1-5-19-9/h1-6H,7H2. The van der Waals surface area contributed by atoms with Gasteiger partial charge in [0.2, 0.25) is 0 Å². The first-order chi connectivity index (χ1) is 9.08. The van der Waals surface area contributed by atoms with Crippen LogP contribution in [0.5, 0.6) is 0 Å². The molecule has 2 aromatic rings. The first kappa shape index (κ1) is 13.7. The molecule has 0 aliphatic carbocycles. The maximum Gasteiger partial charge on any atom is 0.339 e. The summed E-state index contributed by atoms with van der Waals surface area (Å²) < 4.78 is 5.57. The molecule has 0 atom stereocenters. The molecule has 2 rings (SSSR count). The normalized spacial score (nSPS) is 10.2. The molecular weight excluding hydrogens is 334 g/mol. The Bertz CT molecular complexity index is 612. The largest absolute Gasteiger partial charge is 0.456 e. The summed E-state index contributed by atoms with van der Waals surface area (Å²) in [5.41, 5.74) is -0.00275. The average Bonchev–Trinajstić information content (AvgIpc) is 2.89. The Hall–Kier alpha value is -1.73. The number of non-ortho nitro benzene ring substituents is 1. The first-order valence-electron chi connectivity index (χ1n) is 5.21. The summed E-state index contributed by atoms with van der Waals surface area (Å²) in [6, 6.07) is 7.68. The number of ether oxygens (including phenoxy) is 1. The highest BCUT2D eigenvalue weighted by atomic mass is 79.9. The molecule has 5 nitrogen and oxygen atoms in total. The van der Waals surface area contributed by atoms with Crippen molar-refractivity contribution < 1.29 is 14.5 Å². The molecule has 0 radical (unpaired) electrons. The SMILES string of the molecule is O=C(OCc1cccs1)c1cc([N+](=O)[O-])ccc1Br. The van der Waals surface area contributed by atoms with Crippen LogP contribution in [0.25, 0.3) is 0 Å². The Morgan fingerprint density at radius 1 is 1.42 bits per heavy atom. The van der Waals surface area contributed by atoms with E-state index in [-0.39, 0.29) is 17.9 Å². The molecule has 1 aromatic heterocycles. The second-order valence-electron chi connectivity index (χ2n) is 3.58. The van der Waals surface area contributed by atoms with Crippen molar-refractivity contribution in [1.29, 1.82) is 0 Å². The zero-order valence-electron chi connectivity index (χ0n) is 9.54. The minimum atomic E-state index is -0.594. The van der Waals surface area contributed by atoms with Gasteiger partial charge in [0.1, 0.15) is 6.61 Å². The number of esters is 1. The number of hydrogen-bond donors (Lipinski definition) is 0. The predicted molar refractivity (Wildman–Crippen MR) is 74.2 cm³/mol. The lowest BCUT2D eigenvalue weighted by molar-refractivity contribution is -0.384. The van der Waals surface area contributed by atoms with Crippen molar-refractivity contribution >= 4 is 38.9 Å². The Morgan fingerprint density at radius 3 is 2.84 bits per heavy atom. The summed E-state index contributed by atoms with van der Waals surface area (Å²) in [5, 5.41) is 12.6. The molecule has 1 heterocycles. The van der Waals surface area contributed by atoms with E-state index in [4.69, 9.17) is 4.74 Å². The van der Waals surface area contributed by atoms with Crippen molar-refractivity contribution in [2.75, 3.05) is 0 Å². The Balaban J connectivity index is 2.14. The van der Waals surface area contributed by atoms with Crippen LogP contribution in [0, 0.1) is 10.1 Å². The Morgan fingerprint density at radius 2 is 2.21 bits per heavy atom. The second kappa shape index (κ2) is 5.94.